The van der Waals surface area contributed by atoms with Crippen LogP contribution in [0.3, 0.4) is 0 Å². The SMILES string of the molecule is C=C(C)Cc1nsnc1O. The van der Waals surface area contributed by atoms with Gasteiger partial charge in [-0.25, -0.2) is 0 Å². The summed E-state index contributed by atoms with van der Waals surface area (Å²) >= 11 is 1.02. The lowest BCUT2D eigenvalue weighted by molar-refractivity contribution is 0.452. The highest BCUT2D eigenvalue weighted by atomic mass is 32.1. The maximum atomic E-state index is 9.00. The van der Waals surface area contributed by atoms with Crippen LogP contribution in [0.15, 0.2) is 12.2 Å². The molecule has 0 aliphatic rings. The fourth-order valence-electron chi connectivity index (χ4n) is 0.599. The predicted octanol–water partition coefficient (Wildman–Crippen LogP) is 1.36. The predicted molar refractivity (Wildman–Crippen MR) is 40.1 cm³/mol. The van der Waals surface area contributed by atoms with Gasteiger partial charge in [-0.2, -0.15) is 4.37 Å². The molecule has 0 aromatic carbocycles. The summed E-state index contributed by atoms with van der Waals surface area (Å²) in [5.41, 5.74) is 1.60. The number of rotatable bonds is 2. The molecule has 0 saturated heterocycles. The van der Waals surface area contributed by atoms with Crippen molar-refractivity contribution in [3.8, 4) is 5.88 Å². The number of aromatic hydroxyl groups is 1. The molecule has 54 valence electrons. The van der Waals surface area contributed by atoms with Crippen LogP contribution in [0, 0.1) is 0 Å². The zero-order valence-electron chi connectivity index (χ0n) is 5.66. The second kappa shape index (κ2) is 2.79. The van der Waals surface area contributed by atoms with E-state index in [2.05, 4.69) is 15.3 Å². The molecule has 0 fully saturated rings. The van der Waals surface area contributed by atoms with Crippen molar-refractivity contribution in [3.05, 3.63) is 17.8 Å². The van der Waals surface area contributed by atoms with E-state index in [-0.39, 0.29) is 5.88 Å². The Morgan fingerprint density at radius 3 is 2.80 bits per heavy atom. The largest absolute Gasteiger partial charge is 0.491 e. The molecule has 0 bridgehead atoms. The van der Waals surface area contributed by atoms with Crippen molar-refractivity contribution in [2.45, 2.75) is 13.3 Å². The van der Waals surface area contributed by atoms with E-state index in [1.807, 2.05) is 6.92 Å². The van der Waals surface area contributed by atoms with Gasteiger partial charge in [-0.3, -0.25) is 0 Å². The van der Waals surface area contributed by atoms with E-state index in [1.165, 1.54) is 0 Å². The minimum absolute atomic E-state index is 0.0352. The van der Waals surface area contributed by atoms with E-state index in [4.69, 9.17) is 5.11 Å². The van der Waals surface area contributed by atoms with Gasteiger partial charge in [0.2, 0.25) is 5.88 Å². The third-order valence-electron chi connectivity index (χ3n) is 1.01. The summed E-state index contributed by atoms with van der Waals surface area (Å²) in [4.78, 5) is 0. The summed E-state index contributed by atoms with van der Waals surface area (Å²) in [6.07, 6.45) is 0.613. The van der Waals surface area contributed by atoms with Crippen LogP contribution in [0.4, 0.5) is 0 Å². The monoisotopic (exact) mass is 156 g/mol. The van der Waals surface area contributed by atoms with Crippen LogP contribution in [0.25, 0.3) is 0 Å². The van der Waals surface area contributed by atoms with E-state index in [1.54, 1.807) is 0 Å². The molecule has 1 aromatic heterocycles. The molecule has 0 aliphatic heterocycles. The average molecular weight is 156 g/mol. The van der Waals surface area contributed by atoms with Gasteiger partial charge in [-0.1, -0.05) is 12.2 Å². The molecule has 1 aromatic rings. The van der Waals surface area contributed by atoms with Crippen molar-refractivity contribution < 1.29 is 5.11 Å². The summed E-state index contributed by atoms with van der Waals surface area (Å²) < 4.78 is 7.49. The van der Waals surface area contributed by atoms with Crippen LogP contribution in [-0.4, -0.2) is 13.9 Å². The highest BCUT2D eigenvalue weighted by molar-refractivity contribution is 6.99. The second-order valence-electron chi connectivity index (χ2n) is 2.17. The van der Waals surface area contributed by atoms with Crippen LogP contribution in [0.2, 0.25) is 0 Å². The van der Waals surface area contributed by atoms with E-state index >= 15 is 0 Å². The van der Waals surface area contributed by atoms with Crippen molar-refractivity contribution >= 4 is 11.7 Å². The smallest absolute Gasteiger partial charge is 0.246 e. The molecule has 3 nitrogen and oxygen atoms in total. The molecule has 0 saturated carbocycles. The van der Waals surface area contributed by atoms with Crippen LogP contribution < -0.4 is 0 Å². The maximum absolute atomic E-state index is 9.00. The first-order valence-electron chi connectivity index (χ1n) is 2.85. The molecule has 0 atom stereocenters. The lowest BCUT2D eigenvalue weighted by Gasteiger charge is -1.92. The van der Waals surface area contributed by atoms with Gasteiger partial charge < -0.3 is 5.11 Å². The number of hydrogen-bond acceptors (Lipinski definition) is 4. The number of allylic oxidation sites excluding steroid dienone is 1. The minimum atomic E-state index is 0.0352. The van der Waals surface area contributed by atoms with Crippen LogP contribution in [0.5, 0.6) is 5.88 Å². The van der Waals surface area contributed by atoms with E-state index < -0.39 is 0 Å². The first-order chi connectivity index (χ1) is 4.70. The van der Waals surface area contributed by atoms with Gasteiger partial charge in [-0.15, -0.1) is 4.37 Å². The quantitative estimate of drug-likeness (QED) is 0.658. The molecular formula is C6H8N2OS. The van der Waals surface area contributed by atoms with Crippen molar-refractivity contribution in [1.29, 1.82) is 0 Å². The molecular weight excluding hydrogens is 148 g/mol. The second-order valence-corrected chi connectivity index (χ2v) is 2.70. The number of nitrogens with zero attached hydrogens (tertiary/aromatic N) is 2. The van der Waals surface area contributed by atoms with Crippen molar-refractivity contribution in [3.63, 3.8) is 0 Å². The molecule has 1 rings (SSSR count). The zero-order valence-corrected chi connectivity index (χ0v) is 6.48. The number of hydrogen-bond donors (Lipinski definition) is 1. The zero-order chi connectivity index (χ0) is 7.56. The molecule has 10 heavy (non-hydrogen) atoms. The normalized spacial score (nSPS) is 9.70. The number of aromatic nitrogens is 2. The fourth-order valence-corrected chi connectivity index (χ4v) is 1.07. The Bertz CT molecular complexity index is 244. The first kappa shape index (κ1) is 7.21. The standard InChI is InChI=1S/C6H8N2OS/c1-4(2)3-5-6(9)8-10-7-5/h1,3H2,2H3,(H,8,9). The maximum Gasteiger partial charge on any atom is 0.246 e. The summed E-state index contributed by atoms with van der Waals surface area (Å²) in [6, 6.07) is 0. The van der Waals surface area contributed by atoms with E-state index in [9.17, 15) is 0 Å². The van der Waals surface area contributed by atoms with Crippen molar-refractivity contribution in [2.75, 3.05) is 0 Å². The van der Waals surface area contributed by atoms with E-state index in [0.29, 0.717) is 12.1 Å². The summed E-state index contributed by atoms with van der Waals surface area (Å²) in [7, 11) is 0. The molecule has 4 heteroatoms. The third-order valence-corrected chi connectivity index (χ3v) is 1.56. The molecule has 0 radical (unpaired) electrons. The topological polar surface area (TPSA) is 46.0 Å². The molecule has 1 heterocycles. The summed E-state index contributed by atoms with van der Waals surface area (Å²) in [5, 5.41) is 9.00. The first-order valence-corrected chi connectivity index (χ1v) is 3.58. The van der Waals surface area contributed by atoms with Crippen molar-refractivity contribution in [2.24, 2.45) is 0 Å². The Labute approximate surface area is 63.4 Å². The van der Waals surface area contributed by atoms with Crippen LogP contribution >= 0.6 is 11.7 Å². The molecule has 0 spiro atoms. The van der Waals surface area contributed by atoms with Crippen molar-refractivity contribution in [1.82, 2.24) is 8.75 Å². The molecule has 1 N–H and O–H groups in total. The Kier molecular flexibility index (Phi) is 2.01. The van der Waals surface area contributed by atoms with Gasteiger partial charge in [0, 0.05) is 6.42 Å². The van der Waals surface area contributed by atoms with E-state index in [0.717, 1.165) is 17.3 Å². The van der Waals surface area contributed by atoms with Crippen LogP contribution in [0.1, 0.15) is 12.6 Å². The van der Waals surface area contributed by atoms with Gasteiger partial charge in [-0.05, 0) is 6.92 Å². The molecule has 0 unspecified atom stereocenters. The van der Waals surface area contributed by atoms with Gasteiger partial charge >= 0.3 is 0 Å². The lowest BCUT2D eigenvalue weighted by atomic mass is 10.2. The van der Waals surface area contributed by atoms with Gasteiger partial charge in [0.25, 0.3) is 0 Å². The lowest BCUT2D eigenvalue weighted by Crippen LogP contribution is -1.84. The molecule has 0 amide bonds. The summed E-state index contributed by atoms with van der Waals surface area (Å²) in [5.74, 6) is 0.0352. The minimum Gasteiger partial charge on any atom is -0.491 e. The highest BCUT2D eigenvalue weighted by Crippen LogP contribution is 2.15. The molecule has 0 aliphatic carbocycles. The third kappa shape index (κ3) is 1.54. The van der Waals surface area contributed by atoms with Gasteiger partial charge in [0.05, 0.1) is 11.7 Å². The van der Waals surface area contributed by atoms with Gasteiger partial charge in [0.15, 0.2) is 0 Å². The highest BCUT2D eigenvalue weighted by Gasteiger charge is 2.04. The average Bonchev–Trinajstić information content (AvgIpc) is 2.15. The fraction of sp³-hybridized carbons (Fsp3) is 0.333. The Morgan fingerprint density at radius 1 is 1.70 bits per heavy atom. The summed E-state index contributed by atoms with van der Waals surface area (Å²) in [6.45, 7) is 5.58. The Morgan fingerprint density at radius 2 is 2.40 bits per heavy atom. The Balaban J connectivity index is 2.74. The Hall–Kier alpha value is -0.900. The van der Waals surface area contributed by atoms with Gasteiger partial charge in [0.1, 0.15) is 5.69 Å². The van der Waals surface area contributed by atoms with Crippen LogP contribution in [-0.2, 0) is 6.42 Å².